The first-order valence-corrected chi connectivity index (χ1v) is 10.4. The minimum absolute atomic E-state index is 0. The molecule has 1 aliphatic carbocycles. The first kappa shape index (κ1) is 19.1. The topological polar surface area (TPSA) is 101 Å². The smallest absolute Gasteiger partial charge is 0.245 e. The summed E-state index contributed by atoms with van der Waals surface area (Å²) >= 11 is 0. The summed E-state index contributed by atoms with van der Waals surface area (Å²) < 4.78 is 29.0. The highest BCUT2D eigenvalue weighted by Gasteiger charge is 2.48. The van der Waals surface area contributed by atoms with Gasteiger partial charge in [0, 0.05) is 23.9 Å². The molecule has 7 nitrogen and oxygen atoms in total. The van der Waals surface area contributed by atoms with Crippen LogP contribution in [0, 0.1) is 0 Å². The van der Waals surface area contributed by atoms with Crippen molar-refractivity contribution < 1.29 is 17.6 Å². The highest BCUT2D eigenvalue weighted by molar-refractivity contribution is 7.92. The number of sulfone groups is 1. The highest BCUT2D eigenvalue weighted by atomic mass is 35.5. The van der Waals surface area contributed by atoms with Crippen molar-refractivity contribution in [2.45, 2.75) is 36.3 Å². The maximum atomic E-state index is 12.8. The van der Waals surface area contributed by atoms with Gasteiger partial charge in [-0.05, 0) is 50.9 Å². The van der Waals surface area contributed by atoms with Crippen LogP contribution in [0.25, 0.3) is 11.1 Å². The van der Waals surface area contributed by atoms with Crippen molar-refractivity contribution in [2.24, 2.45) is 0 Å². The monoisotopic (exact) mass is 399 g/mol. The van der Waals surface area contributed by atoms with E-state index in [0.717, 1.165) is 30.5 Å². The molecule has 1 aromatic carbocycles. The lowest BCUT2D eigenvalue weighted by Crippen LogP contribution is -2.55. The standard InChI is InChI=1S/C17H21N3O4S.ClH/c1-25(22,23)17(6-8-18-9-7-17)16(21)19-12-4-5-13-14(10-12)24-15(20-13)11-2-3-11;/h4-5,10-11,18H,2-3,6-9H2,1H3,(H,19,21);1H. The number of piperidine rings is 1. The minimum Gasteiger partial charge on any atom is -0.440 e. The van der Waals surface area contributed by atoms with Gasteiger partial charge in [0.05, 0.1) is 0 Å². The molecule has 2 aromatic rings. The van der Waals surface area contributed by atoms with Crippen molar-refractivity contribution in [1.82, 2.24) is 10.3 Å². The number of amides is 1. The molecular formula is C17H22ClN3O4S. The average Bonchev–Trinajstić information content (AvgIpc) is 3.34. The molecule has 2 N–H and O–H groups in total. The number of rotatable bonds is 4. The lowest BCUT2D eigenvalue weighted by molar-refractivity contribution is -0.119. The third-order valence-corrected chi connectivity index (χ3v) is 7.14. The van der Waals surface area contributed by atoms with Gasteiger partial charge in [0.2, 0.25) is 5.91 Å². The number of carbonyl (C=O) groups is 1. The first-order chi connectivity index (χ1) is 11.9. The van der Waals surface area contributed by atoms with E-state index in [2.05, 4.69) is 15.6 Å². The lowest BCUT2D eigenvalue weighted by atomic mass is 9.95. The zero-order valence-electron chi connectivity index (χ0n) is 14.4. The van der Waals surface area contributed by atoms with Gasteiger partial charge in [0.25, 0.3) is 0 Å². The van der Waals surface area contributed by atoms with Crippen LogP contribution in [0.15, 0.2) is 22.6 Å². The van der Waals surface area contributed by atoms with Crippen LogP contribution in [0.4, 0.5) is 5.69 Å². The first-order valence-electron chi connectivity index (χ1n) is 8.51. The van der Waals surface area contributed by atoms with Crippen molar-refractivity contribution in [3.63, 3.8) is 0 Å². The van der Waals surface area contributed by atoms with Crippen LogP contribution in [0.2, 0.25) is 0 Å². The van der Waals surface area contributed by atoms with Gasteiger partial charge in [-0.1, -0.05) is 0 Å². The van der Waals surface area contributed by atoms with E-state index in [1.54, 1.807) is 18.2 Å². The van der Waals surface area contributed by atoms with Gasteiger partial charge in [-0.15, -0.1) is 12.4 Å². The van der Waals surface area contributed by atoms with Gasteiger partial charge < -0.3 is 15.1 Å². The molecule has 2 aliphatic rings. The van der Waals surface area contributed by atoms with Crippen molar-refractivity contribution in [3.8, 4) is 0 Å². The highest BCUT2D eigenvalue weighted by Crippen LogP contribution is 2.40. The molecule has 1 amide bonds. The van der Waals surface area contributed by atoms with Gasteiger partial charge in [0.15, 0.2) is 26.1 Å². The number of oxazole rings is 1. The van der Waals surface area contributed by atoms with Crippen LogP contribution in [-0.2, 0) is 14.6 Å². The minimum atomic E-state index is -3.54. The van der Waals surface area contributed by atoms with E-state index in [4.69, 9.17) is 4.42 Å². The summed E-state index contributed by atoms with van der Waals surface area (Å²) in [5.74, 6) is 0.677. The molecule has 142 valence electrons. The maximum Gasteiger partial charge on any atom is 0.245 e. The molecule has 2 heterocycles. The fourth-order valence-corrected chi connectivity index (χ4v) is 4.70. The number of carbonyl (C=O) groups excluding carboxylic acids is 1. The fraction of sp³-hybridized carbons (Fsp3) is 0.529. The van der Waals surface area contributed by atoms with E-state index in [1.807, 2.05) is 0 Å². The number of hydrogen-bond acceptors (Lipinski definition) is 6. The molecule has 1 aliphatic heterocycles. The molecule has 0 unspecified atom stereocenters. The maximum absolute atomic E-state index is 12.8. The number of hydrogen-bond donors (Lipinski definition) is 2. The lowest BCUT2D eigenvalue weighted by Gasteiger charge is -2.34. The summed E-state index contributed by atoms with van der Waals surface area (Å²) in [4.78, 5) is 17.3. The quantitative estimate of drug-likeness (QED) is 0.817. The largest absolute Gasteiger partial charge is 0.440 e. The molecule has 4 rings (SSSR count). The Morgan fingerprint density at radius 2 is 2.00 bits per heavy atom. The Morgan fingerprint density at radius 3 is 2.62 bits per heavy atom. The number of fused-ring (bicyclic) bond motifs is 1. The number of anilines is 1. The zero-order valence-corrected chi connectivity index (χ0v) is 16.1. The molecule has 2 fully saturated rings. The number of nitrogens with zero attached hydrogens (tertiary/aromatic N) is 1. The molecular weight excluding hydrogens is 378 g/mol. The summed E-state index contributed by atoms with van der Waals surface area (Å²) in [5, 5.41) is 5.88. The van der Waals surface area contributed by atoms with Gasteiger partial charge in [0.1, 0.15) is 5.52 Å². The van der Waals surface area contributed by atoms with Crippen molar-refractivity contribution in [2.75, 3.05) is 24.7 Å². The van der Waals surface area contributed by atoms with E-state index in [-0.39, 0.29) is 25.2 Å². The molecule has 26 heavy (non-hydrogen) atoms. The Kier molecular flexibility index (Phi) is 5.02. The number of halogens is 1. The predicted octanol–water partition coefficient (Wildman–Crippen LogP) is 2.23. The normalized spacial score (nSPS) is 19.7. The zero-order chi connectivity index (χ0) is 17.7. The van der Waals surface area contributed by atoms with Crippen molar-refractivity contribution >= 4 is 44.9 Å². The molecule has 0 spiro atoms. The van der Waals surface area contributed by atoms with Gasteiger partial charge in [-0.2, -0.15) is 0 Å². The summed E-state index contributed by atoms with van der Waals surface area (Å²) in [5.41, 5.74) is 1.88. The Balaban J connectivity index is 0.00000196. The SMILES string of the molecule is CS(=O)(=O)C1(C(=O)Nc2ccc3nc(C4CC4)oc3c2)CCNCC1.Cl. The Labute approximate surface area is 158 Å². The van der Waals surface area contributed by atoms with Crippen LogP contribution in [0.1, 0.15) is 37.5 Å². The fourth-order valence-electron chi connectivity index (χ4n) is 3.37. The van der Waals surface area contributed by atoms with Crippen LogP contribution in [0.3, 0.4) is 0 Å². The molecule has 0 radical (unpaired) electrons. The number of aromatic nitrogens is 1. The van der Waals surface area contributed by atoms with E-state index in [0.29, 0.717) is 30.3 Å². The molecule has 0 bridgehead atoms. The second-order valence-electron chi connectivity index (χ2n) is 6.98. The molecule has 1 saturated heterocycles. The van der Waals surface area contributed by atoms with E-state index < -0.39 is 20.5 Å². The Morgan fingerprint density at radius 1 is 1.31 bits per heavy atom. The summed E-state index contributed by atoms with van der Waals surface area (Å²) in [7, 11) is -3.54. The molecule has 1 saturated carbocycles. The van der Waals surface area contributed by atoms with Crippen LogP contribution >= 0.6 is 12.4 Å². The predicted molar refractivity (Wildman–Crippen MR) is 102 cm³/mol. The van der Waals surface area contributed by atoms with Gasteiger partial charge >= 0.3 is 0 Å². The Hall–Kier alpha value is -1.64. The summed E-state index contributed by atoms with van der Waals surface area (Å²) in [6.07, 6.45) is 3.88. The summed E-state index contributed by atoms with van der Waals surface area (Å²) in [6.45, 7) is 1.01. The number of benzene rings is 1. The molecule has 0 atom stereocenters. The van der Waals surface area contributed by atoms with Crippen LogP contribution in [-0.4, -0.2) is 43.4 Å². The third-order valence-electron chi connectivity index (χ3n) is 5.12. The van der Waals surface area contributed by atoms with Crippen molar-refractivity contribution in [1.29, 1.82) is 0 Å². The van der Waals surface area contributed by atoms with E-state index in [9.17, 15) is 13.2 Å². The second-order valence-corrected chi connectivity index (χ2v) is 9.31. The van der Waals surface area contributed by atoms with Gasteiger partial charge in [-0.25, -0.2) is 13.4 Å². The van der Waals surface area contributed by atoms with Gasteiger partial charge in [-0.3, -0.25) is 4.79 Å². The molecule has 1 aromatic heterocycles. The number of nitrogens with one attached hydrogen (secondary N) is 2. The van der Waals surface area contributed by atoms with Crippen LogP contribution in [0.5, 0.6) is 0 Å². The second kappa shape index (κ2) is 6.83. The van der Waals surface area contributed by atoms with E-state index >= 15 is 0 Å². The Bertz CT molecular complexity index is 931. The third kappa shape index (κ3) is 3.33. The van der Waals surface area contributed by atoms with Crippen molar-refractivity contribution in [3.05, 3.63) is 24.1 Å². The van der Waals surface area contributed by atoms with Crippen LogP contribution < -0.4 is 10.6 Å². The average molecular weight is 400 g/mol. The van der Waals surface area contributed by atoms with E-state index in [1.165, 1.54) is 0 Å². The summed E-state index contributed by atoms with van der Waals surface area (Å²) in [6, 6.07) is 5.23. The molecule has 9 heteroatoms.